The number of aryl methyl sites for hydroxylation is 2. The fourth-order valence-electron chi connectivity index (χ4n) is 1.59. The van der Waals surface area contributed by atoms with Crippen LogP contribution < -0.4 is 5.73 Å². The van der Waals surface area contributed by atoms with Gasteiger partial charge in [-0.3, -0.25) is 0 Å². The molecule has 5 nitrogen and oxygen atoms in total. The van der Waals surface area contributed by atoms with Crippen molar-refractivity contribution in [3.63, 3.8) is 0 Å². The molecule has 0 bridgehead atoms. The van der Waals surface area contributed by atoms with Gasteiger partial charge >= 0.3 is 0 Å². The number of nitrogens with zero attached hydrogens (tertiary/aromatic N) is 4. The van der Waals surface area contributed by atoms with Crippen LogP contribution in [0.4, 0.5) is 4.39 Å². The van der Waals surface area contributed by atoms with E-state index in [1.165, 1.54) is 6.07 Å². The van der Waals surface area contributed by atoms with Crippen molar-refractivity contribution in [2.45, 2.75) is 19.9 Å². The molecule has 0 aliphatic heterocycles. The normalized spacial score (nSPS) is 10.8. The van der Waals surface area contributed by atoms with Crippen molar-refractivity contribution in [2.75, 3.05) is 6.54 Å². The summed E-state index contributed by atoms with van der Waals surface area (Å²) in [5.41, 5.74) is 6.84. The van der Waals surface area contributed by atoms with Crippen LogP contribution >= 0.6 is 0 Å². The Morgan fingerprint density at radius 3 is 2.94 bits per heavy atom. The Labute approximate surface area is 98.4 Å². The Balaban J connectivity index is 2.32. The average molecular weight is 235 g/mol. The first-order valence-electron chi connectivity index (χ1n) is 5.45. The van der Waals surface area contributed by atoms with Gasteiger partial charge in [-0.2, -0.15) is 0 Å². The van der Waals surface area contributed by atoms with Gasteiger partial charge in [-0.25, -0.2) is 9.07 Å². The minimum atomic E-state index is -0.227. The smallest absolute Gasteiger partial charge is 0.182 e. The van der Waals surface area contributed by atoms with E-state index in [4.69, 9.17) is 5.73 Å². The molecule has 90 valence electrons. The number of tetrazole rings is 1. The second-order valence-corrected chi connectivity index (χ2v) is 3.83. The number of hydrogen-bond acceptors (Lipinski definition) is 4. The molecule has 0 unspecified atom stereocenters. The molecule has 0 aliphatic carbocycles. The van der Waals surface area contributed by atoms with E-state index in [0.29, 0.717) is 24.5 Å². The van der Waals surface area contributed by atoms with Crippen LogP contribution in [0.15, 0.2) is 18.2 Å². The molecular formula is C11H14FN5. The van der Waals surface area contributed by atoms with E-state index >= 15 is 0 Å². The average Bonchev–Trinajstić information content (AvgIpc) is 2.78. The molecule has 0 amide bonds. The van der Waals surface area contributed by atoms with Gasteiger partial charge in [0.2, 0.25) is 0 Å². The lowest BCUT2D eigenvalue weighted by Crippen LogP contribution is -2.08. The van der Waals surface area contributed by atoms with Gasteiger partial charge in [-0.05, 0) is 54.1 Å². The van der Waals surface area contributed by atoms with Gasteiger partial charge in [0, 0.05) is 12.1 Å². The SMILES string of the molecule is Cc1cc(-c2nnnn2CCCN)ccc1F. The zero-order valence-electron chi connectivity index (χ0n) is 9.60. The molecule has 0 atom stereocenters. The van der Waals surface area contributed by atoms with Crippen LogP contribution in [-0.2, 0) is 6.54 Å². The molecule has 1 heterocycles. The molecule has 1 aromatic carbocycles. The minimum absolute atomic E-state index is 0.227. The lowest BCUT2D eigenvalue weighted by atomic mass is 10.1. The van der Waals surface area contributed by atoms with E-state index < -0.39 is 0 Å². The van der Waals surface area contributed by atoms with Crippen molar-refractivity contribution in [3.8, 4) is 11.4 Å². The van der Waals surface area contributed by atoms with Crippen molar-refractivity contribution < 1.29 is 4.39 Å². The summed E-state index contributed by atoms with van der Waals surface area (Å²) in [6.07, 6.45) is 0.804. The Morgan fingerprint density at radius 1 is 1.41 bits per heavy atom. The van der Waals surface area contributed by atoms with Gasteiger partial charge in [0.15, 0.2) is 5.82 Å². The number of halogens is 1. The molecule has 2 N–H and O–H groups in total. The van der Waals surface area contributed by atoms with Crippen LogP contribution in [0.3, 0.4) is 0 Å². The first-order chi connectivity index (χ1) is 8.22. The fraction of sp³-hybridized carbons (Fsp3) is 0.364. The predicted octanol–water partition coefficient (Wildman–Crippen LogP) is 1.14. The van der Waals surface area contributed by atoms with Crippen LogP contribution in [0.1, 0.15) is 12.0 Å². The highest BCUT2D eigenvalue weighted by molar-refractivity contribution is 5.55. The Morgan fingerprint density at radius 2 is 2.24 bits per heavy atom. The fourth-order valence-corrected chi connectivity index (χ4v) is 1.59. The minimum Gasteiger partial charge on any atom is -0.330 e. The van der Waals surface area contributed by atoms with E-state index in [1.54, 1.807) is 23.7 Å². The molecule has 0 saturated carbocycles. The first kappa shape index (κ1) is 11.7. The number of benzene rings is 1. The largest absolute Gasteiger partial charge is 0.330 e. The summed E-state index contributed by atoms with van der Waals surface area (Å²) in [5, 5.41) is 11.5. The molecule has 2 rings (SSSR count). The quantitative estimate of drug-likeness (QED) is 0.862. The van der Waals surface area contributed by atoms with E-state index in [2.05, 4.69) is 15.5 Å². The van der Waals surface area contributed by atoms with Crippen LogP contribution in [0.2, 0.25) is 0 Å². The second kappa shape index (κ2) is 5.01. The second-order valence-electron chi connectivity index (χ2n) is 3.83. The summed E-state index contributed by atoms with van der Waals surface area (Å²) in [5.74, 6) is 0.413. The van der Waals surface area contributed by atoms with Gasteiger partial charge < -0.3 is 5.73 Å². The summed E-state index contributed by atoms with van der Waals surface area (Å²) < 4.78 is 14.8. The molecule has 6 heteroatoms. The lowest BCUT2D eigenvalue weighted by Gasteiger charge is -2.04. The first-order valence-corrected chi connectivity index (χ1v) is 5.45. The van der Waals surface area contributed by atoms with Gasteiger partial charge in [-0.1, -0.05) is 0 Å². The van der Waals surface area contributed by atoms with Crippen LogP contribution in [0.25, 0.3) is 11.4 Å². The Kier molecular flexibility index (Phi) is 3.43. The predicted molar refractivity (Wildman–Crippen MR) is 61.6 cm³/mol. The molecule has 17 heavy (non-hydrogen) atoms. The van der Waals surface area contributed by atoms with Gasteiger partial charge in [0.25, 0.3) is 0 Å². The topological polar surface area (TPSA) is 69.6 Å². The standard InChI is InChI=1S/C11H14FN5/c1-8-7-9(3-4-10(8)12)11-14-15-16-17(11)6-2-5-13/h3-4,7H,2,5-6,13H2,1H3. The number of rotatable bonds is 4. The molecule has 0 fully saturated rings. The third kappa shape index (κ3) is 2.47. The highest BCUT2D eigenvalue weighted by Crippen LogP contribution is 2.19. The summed E-state index contributed by atoms with van der Waals surface area (Å²) in [6.45, 7) is 2.96. The third-order valence-corrected chi connectivity index (χ3v) is 2.52. The van der Waals surface area contributed by atoms with E-state index in [9.17, 15) is 4.39 Å². The Bertz CT molecular complexity index is 508. The molecule has 2 aromatic rings. The zero-order chi connectivity index (χ0) is 12.3. The van der Waals surface area contributed by atoms with Crippen LogP contribution in [0.5, 0.6) is 0 Å². The molecule has 0 radical (unpaired) electrons. The summed E-state index contributed by atoms with van der Waals surface area (Å²) in [7, 11) is 0. The summed E-state index contributed by atoms with van der Waals surface area (Å²) in [6, 6.07) is 4.83. The highest BCUT2D eigenvalue weighted by atomic mass is 19.1. The monoisotopic (exact) mass is 235 g/mol. The van der Waals surface area contributed by atoms with Crippen molar-refractivity contribution >= 4 is 0 Å². The molecular weight excluding hydrogens is 221 g/mol. The molecule has 0 saturated heterocycles. The van der Waals surface area contributed by atoms with E-state index in [1.807, 2.05) is 0 Å². The number of aromatic nitrogens is 4. The maximum atomic E-state index is 13.2. The summed E-state index contributed by atoms with van der Waals surface area (Å²) in [4.78, 5) is 0. The lowest BCUT2D eigenvalue weighted by molar-refractivity contribution is 0.568. The van der Waals surface area contributed by atoms with Gasteiger partial charge in [0.05, 0.1) is 0 Å². The zero-order valence-corrected chi connectivity index (χ0v) is 9.60. The van der Waals surface area contributed by atoms with E-state index in [-0.39, 0.29) is 5.82 Å². The van der Waals surface area contributed by atoms with Crippen LogP contribution in [-0.4, -0.2) is 26.8 Å². The molecule has 0 spiro atoms. The van der Waals surface area contributed by atoms with Crippen molar-refractivity contribution in [1.82, 2.24) is 20.2 Å². The van der Waals surface area contributed by atoms with Crippen molar-refractivity contribution in [3.05, 3.63) is 29.6 Å². The highest BCUT2D eigenvalue weighted by Gasteiger charge is 2.09. The van der Waals surface area contributed by atoms with E-state index in [0.717, 1.165) is 12.0 Å². The maximum absolute atomic E-state index is 13.2. The Hall–Kier alpha value is -1.82. The molecule has 0 aliphatic rings. The van der Waals surface area contributed by atoms with Crippen molar-refractivity contribution in [1.29, 1.82) is 0 Å². The van der Waals surface area contributed by atoms with Gasteiger partial charge in [0.1, 0.15) is 5.82 Å². The van der Waals surface area contributed by atoms with Crippen LogP contribution in [0, 0.1) is 12.7 Å². The number of hydrogen-bond donors (Lipinski definition) is 1. The van der Waals surface area contributed by atoms with Gasteiger partial charge in [-0.15, -0.1) is 5.10 Å². The number of nitrogens with two attached hydrogens (primary N) is 1. The summed E-state index contributed by atoms with van der Waals surface area (Å²) >= 11 is 0. The third-order valence-electron chi connectivity index (χ3n) is 2.52. The molecule has 1 aromatic heterocycles. The maximum Gasteiger partial charge on any atom is 0.182 e. The van der Waals surface area contributed by atoms with Crippen molar-refractivity contribution in [2.24, 2.45) is 5.73 Å².